The first-order chi connectivity index (χ1) is 7.97. The molecular formula is C14H21NO2. The van der Waals surface area contributed by atoms with Crippen molar-refractivity contribution in [3.05, 3.63) is 28.8 Å². The minimum absolute atomic E-state index is 0.215. The second-order valence-corrected chi connectivity index (χ2v) is 4.32. The molecule has 0 bridgehead atoms. The van der Waals surface area contributed by atoms with Crippen molar-refractivity contribution >= 4 is 11.7 Å². The van der Waals surface area contributed by atoms with Crippen LogP contribution in [-0.2, 0) is 9.53 Å². The zero-order chi connectivity index (χ0) is 13.0. The van der Waals surface area contributed by atoms with Gasteiger partial charge in [-0.25, -0.2) is 4.79 Å². The lowest BCUT2D eigenvalue weighted by Gasteiger charge is -2.19. The maximum Gasteiger partial charge on any atom is 0.328 e. The predicted octanol–water partition coefficient (Wildman–Crippen LogP) is 2.98. The highest BCUT2D eigenvalue weighted by atomic mass is 16.5. The van der Waals surface area contributed by atoms with Crippen LogP contribution in [0.5, 0.6) is 0 Å². The van der Waals surface area contributed by atoms with E-state index in [4.69, 9.17) is 4.74 Å². The second kappa shape index (κ2) is 5.71. The Morgan fingerprint density at radius 2 is 1.88 bits per heavy atom. The summed E-state index contributed by atoms with van der Waals surface area (Å²) >= 11 is 0. The van der Waals surface area contributed by atoms with Crippen LogP contribution in [0.15, 0.2) is 12.1 Å². The first-order valence-electron chi connectivity index (χ1n) is 5.97. The van der Waals surface area contributed by atoms with Crippen molar-refractivity contribution in [3.8, 4) is 0 Å². The van der Waals surface area contributed by atoms with E-state index in [0.29, 0.717) is 6.61 Å². The van der Waals surface area contributed by atoms with Gasteiger partial charge >= 0.3 is 5.97 Å². The molecular weight excluding hydrogens is 214 g/mol. The molecule has 0 saturated heterocycles. The first kappa shape index (κ1) is 13.6. The molecule has 0 radical (unpaired) electrons. The summed E-state index contributed by atoms with van der Waals surface area (Å²) in [7, 11) is 0. The van der Waals surface area contributed by atoms with Crippen LogP contribution in [-0.4, -0.2) is 18.6 Å². The fraction of sp³-hybridized carbons (Fsp3) is 0.500. The van der Waals surface area contributed by atoms with Crippen molar-refractivity contribution in [1.29, 1.82) is 0 Å². The van der Waals surface area contributed by atoms with Crippen molar-refractivity contribution in [3.63, 3.8) is 0 Å². The Kier molecular flexibility index (Phi) is 4.55. The minimum atomic E-state index is -0.325. The quantitative estimate of drug-likeness (QED) is 0.815. The molecule has 0 amide bonds. The smallest absolute Gasteiger partial charge is 0.328 e. The zero-order valence-corrected chi connectivity index (χ0v) is 11.3. The van der Waals surface area contributed by atoms with Crippen LogP contribution in [0, 0.1) is 20.8 Å². The molecule has 0 heterocycles. The van der Waals surface area contributed by atoms with Gasteiger partial charge < -0.3 is 10.1 Å². The van der Waals surface area contributed by atoms with E-state index in [-0.39, 0.29) is 12.0 Å². The highest BCUT2D eigenvalue weighted by molar-refractivity contribution is 5.79. The summed E-state index contributed by atoms with van der Waals surface area (Å²) in [4.78, 5) is 11.6. The largest absolute Gasteiger partial charge is 0.464 e. The molecule has 3 nitrogen and oxygen atoms in total. The van der Waals surface area contributed by atoms with Crippen molar-refractivity contribution in [2.45, 2.75) is 40.7 Å². The van der Waals surface area contributed by atoms with Gasteiger partial charge in [0.15, 0.2) is 0 Å². The molecule has 1 aromatic rings. The van der Waals surface area contributed by atoms with Crippen LogP contribution in [0.25, 0.3) is 0 Å². The van der Waals surface area contributed by atoms with Crippen LogP contribution >= 0.6 is 0 Å². The van der Waals surface area contributed by atoms with Crippen LogP contribution in [0.2, 0.25) is 0 Å². The molecule has 0 aliphatic carbocycles. The molecule has 0 aliphatic heterocycles. The molecule has 0 saturated carbocycles. The third-order valence-electron chi connectivity index (χ3n) is 2.95. The topological polar surface area (TPSA) is 38.3 Å². The van der Waals surface area contributed by atoms with Gasteiger partial charge in [0.1, 0.15) is 6.04 Å². The van der Waals surface area contributed by atoms with Gasteiger partial charge in [-0.15, -0.1) is 0 Å². The fourth-order valence-corrected chi connectivity index (χ4v) is 1.72. The summed E-state index contributed by atoms with van der Waals surface area (Å²) in [5.74, 6) is -0.215. The Hall–Kier alpha value is -1.51. The normalized spacial score (nSPS) is 12.1. The number of benzene rings is 1. The number of ether oxygens (including phenoxy) is 1. The molecule has 1 N–H and O–H groups in total. The van der Waals surface area contributed by atoms with Gasteiger partial charge in [-0.2, -0.15) is 0 Å². The minimum Gasteiger partial charge on any atom is -0.464 e. The van der Waals surface area contributed by atoms with Crippen LogP contribution in [0.3, 0.4) is 0 Å². The highest BCUT2D eigenvalue weighted by Gasteiger charge is 2.15. The number of nitrogens with one attached hydrogen (secondary N) is 1. The zero-order valence-electron chi connectivity index (χ0n) is 11.3. The van der Waals surface area contributed by atoms with Crippen molar-refractivity contribution < 1.29 is 9.53 Å². The van der Waals surface area contributed by atoms with E-state index in [0.717, 1.165) is 11.3 Å². The highest BCUT2D eigenvalue weighted by Crippen LogP contribution is 2.23. The molecule has 0 aliphatic rings. The van der Waals surface area contributed by atoms with E-state index >= 15 is 0 Å². The Bertz CT molecular complexity index is 413. The number of esters is 1. The molecule has 0 unspecified atom stereocenters. The molecule has 0 aromatic heterocycles. The van der Waals surface area contributed by atoms with E-state index in [1.165, 1.54) is 11.1 Å². The van der Waals surface area contributed by atoms with E-state index in [1.54, 1.807) is 0 Å². The SMILES string of the molecule is CCOC(=O)[C@H](C)Nc1c(C)ccc(C)c1C. The molecule has 17 heavy (non-hydrogen) atoms. The van der Waals surface area contributed by atoms with Crippen molar-refractivity contribution in [2.75, 3.05) is 11.9 Å². The van der Waals surface area contributed by atoms with Gasteiger partial charge in [-0.05, 0) is 51.3 Å². The summed E-state index contributed by atoms with van der Waals surface area (Å²) in [5, 5.41) is 3.23. The van der Waals surface area contributed by atoms with Gasteiger partial charge in [0.25, 0.3) is 0 Å². The van der Waals surface area contributed by atoms with Crippen LogP contribution in [0.4, 0.5) is 5.69 Å². The van der Waals surface area contributed by atoms with Crippen LogP contribution in [0.1, 0.15) is 30.5 Å². The lowest BCUT2D eigenvalue weighted by molar-refractivity contribution is -0.143. The molecule has 0 fully saturated rings. The molecule has 1 rings (SSSR count). The molecule has 1 aromatic carbocycles. The van der Waals surface area contributed by atoms with Gasteiger partial charge in [0.2, 0.25) is 0 Å². The Labute approximate surface area is 103 Å². The molecule has 1 atom stereocenters. The van der Waals surface area contributed by atoms with E-state index in [9.17, 15) is 4.79 Å². The lowest BCUT2D eigenvalue weighted by atomic mass is 10.0. The summed E-state index contributed by atoms with van der Waals surface area (Å²) in [6, 6.07) is 3.82. The number of carbonyl (C=O) groups is 1. The monoisotopic (exact) mass is 235 g/mol. The van der Waals surface area contributed by atoms with Gasteiger partial charge in [-0.1, -0.05) is 12.1 Å². The number of hydrogen-bond acceptors (Lipinski definition) is 3. The Balaban J connectivity index is 2.88. The average molecular weight is 235 g/mol. The van der Waals surface area contributed by atoms with Crippen molar-refractivity contribution in [2.24, 2.45) is 0 Å². The molecule has 0 spiro atoms. The number of carbonyl (C=O) groups excluding carboxylic acids is 1. The number of aryl methyl sites for hydroxylation is 2. The lowest BCUT2D eigenvalue weighted by Crippen LogP contribution is -2.28. The third-order valence-corrected chi connectivity index (χ3v) is 2.95. The first-order valence-corrected chi connectivity index (χ1v) is 5.97. The summed E-state index contributed by atoms with van der Waals surface area (Å²) in [5.41, 5.74) is 4.57. The van der Waals surface area contributed by atoms with E-state index in [1.807, 2.05) is 20.8 Å². The summed E-state index contributed by atoms with van der Waals surface area (Å²) in [6.45, 7) is 10.2. The number of hydrogen-bond donors (Lipinski definition) is 1. The van der Waals surface area contributed by atoms with Gasteiger partial charge in [0, 0.05) is 5.69 Å². The Morgan fingerprint density at radius 1 is 1.29 bits per heavy atom. The van der Waals surface area contributed by atoms with E-state index in [2.05, 4.69) is 31.3 Å². The molecule has 3 heteroatoms. The van der Waals surface area contributed by atoms with E-state index < -0.39 is 0 Å². The average Bonchev–Trinajstić information content (AvgIpc) is 2.29. The summed E-state index contributed by atoms with van der Waals surface area (Å²) in [6.07, 6.45) is 0. The standard InChI is InChI=1S/C14H21NO2/c1-6-17-14(16)12(5)15-13-10(3)8-7-9(2)11(13)4/h7-8,12,15H,6H2,1-5H3/t12-/m0/s1. The number of rotatable bonds is 4. The maximum absolute atomic E-state index is 11.6. The van der Waals surface area contributed by atoms with Gasteiger partial charge in [0.05, 0.1) is 6.61 Å². The number of anilines is 1. The van der Waals surface area contributed by atoms with Crippen molar-refractivity contribution in [1.82, 2.24) is 0 Å². The fourth-order valence-electron chi connectivity index (χ4n) is 1.72. The van der Waals surface area contributed by atoms with Crippen LogP contribution < -0.4 is 5.32 Å². The molecule has 94 valence electrons. The predicted molar refractivity (Wildman–Crippen MR) is 70.4 cm³/mol. The van der Waals surface area contributed by atoms with Gasteiger partial charge in [-0.3, -0.25) is 0 Å². The third kappa shape index (κ3) is 3.22. The Morgan fingerprint density at radius 3 is 2.47 bits per heavy atom. The second-order valence-electron chi connectivity index (χ2n) is 4.32. The summed E-state index contributed by atoms with van der Waals surface area (Å²) < 4.78 is 4.98. The maximum atomic E-state index is 11.6.